The van der Waals surface area contributed by atoms with Gasteiger partial charge in [-0.1, -0.05) is 51.1 Å². The molecule has 0 bridgehead atoms. The molecule has 0 aliphatic rings. The summed E-state index contributed by atoms with van der Waals surface area (Å²) in [6, 6.07) is 13.9. The number of rotatable bonds is 2. The summed E-state index contributed by atoms with van der Waals surface area (Å²) in [5, 5.41) is 6.01. The zero-order chi connectivity index (χ0) is 20.1. The first-order chi connectivity index (χ1) is 13.1. The van der Waals surface area contributed by atoms with Crippen LogP contribution in [0.1, 0.15) is 32.0 Å². The SMILES string of the molecule is CC(C)(C)c1ccc(-c2cc3nc(-c4cccs4)cc(C(F)(F)F)n3n2)cc1. The third-order valence-electron chi connectivity index (χ3n) is 4.54. The molecule has 7 heteroatoms. The summed E-state index contributed by atoms with van der Waals surface area (Å²) in [6.45, 7) is 6.33. The molecule has 3 aromatic heterocycles. The molecule has 0 unspecified atom stereocenters. The van der Waals surface area contributed by atoms with E-state index < -0.39 is 11.9 Å². The van der Waals surface area contributed by atoms with E-state index in [1.807, 2.05) is 29.6 Å². The standard InChI is InChI=1S/C21H18F3N3S/c1-20(2,3)14-8-6-13(7-9-14)15-12-19-25-16(17-5-4-10-28-17)11-18(21(22,23)24)27(19)26-15/h4-12H,1-3H3. The summed E-state index contributed by atoms with van der Waals surface area (Å²) in [5.41, 5.74) is 1.99. The van der Waals surface area contributed by atoms with Crippen molar-refractivity contribution in [1.82, 2.24) is 14.6 Å². The van der Waals surface area contributed by atoms with Crippen LogP contribution in [0, 0.1) is 0 Å². The number of alkyl halides is 3. The van der Waals surface area contributed by atoms with Gasteiger partial charge in [0.15, 0.2) is 11.3 Å². The fourth-order valence-electron chi connectivity index (χ4n) is 3.01. The molecule has 4 rings (SSSR count). The van der Waals surface area contributed by atoms with E-state index in [-0.39, 0.29) is 11.1 Å². The first-order valence-electron chi connectivity index (χ1n) is 8.76. The second-order valence-electron chi connectivity index (χ2n) is 7.63. The Morgan fingerprint density at radius 3 is 2.21 bits per heavy atom. The first kappa shape index (κ1) is 18.7. The smallest absolute Gasteiger partial charge is 0.228 e. The summed E-state index contributed by atoms with van der Waals surface area (Å²) >= 11 is 1.35. The average molecular weight is 401 g/mol. The van der Waals surface area contributed by atoms with Crippen LogP contribution in [-0.4, -0.2) is 14.6 Å². The van der Waals surface area contributed by atoms with Gasteiger partial charge in [-0.25, -0.2) is 9.50 Å². The van der Waals surface area contributed by atoms with Crippen molar-refractivity contribution in [2.24, 2.45) is 0 Å². The molecule has 3 heterocycles. The molecule has 1 aromatic carbocycles. The molecule has 0 saturated heterocycles. The summed E-state index contributed by atoms with van der Waals surface area (Å²) in [6.07, 6.45) is -4.54. The molecule has 0 aliphatic heterocycles. The van der Waals surface area contributed by atoms with Crippen molar-refractivity contribution in [3.63, 3.8) is 0 Å². The molecule has 0 aliphatic carbocycles. The van der Waals surface area contributed by atoms with Gasteiger partial charge in [0.1, 0.15) is 0 Å². The minimum absolute atomic E-state index is 0.00192. The van der Waals surface area contributed by atoms with Crippen LogP contribution in [0.25, 0.3) is 27.5 Å². The second kappa shape index (κ2) is 6.44. The van der Waals surface area contributed by atoms with Crippen LogP contribution in [0.15, 0.2) is 53.9 Å². The Morgan fingerprint density at radius 1 is 0.929 bits per heavy atom. The largest absolute Gasteiger partial charge is 0.433 e. The highest BCUT2D eigenvalue weighted by Gasteiger charge is 2.35. The summed E-state index contributed by atoms with van der Waals surface area (Å²) in [5.74, 6) is 0. The summed E-state index contributed by atoms with van der Waals surface area (Å²) in [4.78, 5) is 5.09. The molecule has 0 atom stereocenters. The molecule has 144 valence electrons. The monoisotopic (exact) mass is 401 g/mol. The number of thiophene rings is 1. The first-order valence-corrected chi connectivity index (χ1v) is 9.64. The van der Waals surface area contributed by atoms with Crippen LogP contribution in [0.3, 0.4) is 0 Å². The summed E-state index contributed by atoms with van der Waals surface area (Å²) in [7, 11) is 0. The van der Waals surface area contributed by atoms with E-state index in [4.69, 9.17) is 0 Å². The minimum atomic E-state index is -4.54. The van der Waals surface area contributed by atoms with Crippen molar-refractivity contribution in [2.45, 2.75) is 32.4 Å². The Labute approximate surface area is 164 Å². The topological polar surface area (TPSA) is 30.2 Å². The van der Waals surface area contributed by atoms with E-state index in [9.17, 15) is 13.2 Å². The van der Waals surface area contributed by atoms with Crippen LogP contribution in [-0.2, 0) is 11.6 Å². The zero-order valence-electron chi connectivity index (χ0n) is 15.6. The lowest BCUT2D eigenvalue weighted by molar-refractivity contribution is -0.142. The molecule has 0 N–H and O–H groups in total. The highest BCUT2D eigenvalue weighted by atomic mass is 32.1. The van der Waals surface area contributed by atoms with Crippen molar-refractivity contribution in [3.05, 3.63) is 65.2 Å². The van der Waals surface area contributed by atoms with Crippen LogP contribution < -0.4 is 0 Å². The van der Waals surface area contributed by atoms with Crippen molar-refractivity contribution >= 4 is 17.0 Å². The number of fused-ring (bicyclic) bond motifs is 1. The van der Waals surface area contributed by atoms with E-state index in [0.29, 0.717) is 16.3 Å². The lowest BCUT2D eigenvalue weighted by Gasteiger charge is -2.18. The van der Waals surface area contributed by atoms with Crippen LogP contribution >= 0.6 is 11.3 Å². The number of hydrogen-bond donors (Lipinski definition) is 0. The van der Waals surface area contributed by atoms with Crippen molar-refractivity contribution < 1.29 is 13.2 Å². The molecule has 3 nitrogen and oxygen atoms in total. The van der Waals surface area contributed by atoms with Gasteiger partial charge in [-0.3, -0.25) is 0 Å². The number of nitrogens with zero attached hydrogens (tertiary/aromatic N) is 3. The van der Waals surface area contributed by atoms with Gasteiger partial charge in [0, 0.05) is 11.6 Å². The lowest BCUT2D eigenvalue weighted by Crippen LogP contribution is -2.13. The van der Waals surface area contributed by atoms with Crippen LogP contribution in [0.4, 0.5) is 13.2 Å². The maximum absolute atomic E-state index is 13.7. The summed E-state index contributed by atoms with van der Waals surface area (Å²) < 4.78 is 41.8. The number of halogens is 3. The highest BCUT2D eigenvalue weighted by Crippen LogP contribution is 2.34. The fraction of sp³-hybridized carbons (Fsp3) is 0.238. The van der Waals surface area contributed by atoms with Gasteiger partial charge in [0.25, 0.3) is 0 Å². The zero-order valence-corrected chi connectivity index (χ0v) is 16.4. The molecule has 4 aromatic rings. The third kappa shape index (κ3) is 3.42. The molecular formula is C21H18F3N3S. The van der Waals surface area contributed by atoms with E-state index in [2.05, 4.69) is 30.9 Å². The molecule has 0 saturated carbocycles. The predicted octanol–water partition coefficient (Wildman–Crippen LogP) is 6.44. The number of hydrogen-bond acceptors (Lipinski definition) is 3. The molecule has 28 heavy (non-hydrogen) atoms. The molecule has 0 amide bonds. The Bertz CT molecular complexity index is 1120. The fourth-order valence-corrected chi connectivity index (χ4v) is 3.70. The predicted molar refractivity (Wildman–Crippen MR) is 105 cm³/mol. The van der Waals surface area contributed by atoms with Crippen molar-refractivity contribution in [3.8, 4) is 21.8 Å². The Morgan fingerprint density at radius 2 is 1.64 bits per heavy atom. The van der Waals surface area contributed by atoms with Gasteiger partial charge in [-0.15, -0.1) is 11.3 Å². The quantitative estimate of drug-likeness (QED) is 0.387. The van der Waals surface area contributed by atoms with E-state index in [1.54, 1.807) is 18.2 Å². The van der Waals surface area contributed by atoms with E-state index >= 15 is 0 Å². The average Bonchev–Trinajstić information content (AvgIpc) is 3.28. The third-order valence-corrected chi connectivity index (χ3v) is 5.43. The lowest BCUT2D eigenvalue weighted by atomic mass is 9.86. The Hall–Kier alpha value is -2.67. The van der Waals surface area contributed by atoms with Gasteiger partial charge in [-0.2, -0.15) is 18.3 Å². The van der Waals surface area contributed by atoms with Crippen LogP contribution in [0.5, 0.6) is 0 Å². The van der Waals surface area contributed by atoms with E-state index in [1.165, 1.54) is 11.3 Å². The Balaban J connectivity index is 1.86. The number of benzene rings is 1. The minimum Gasteiger partial charge on any atom is -0.228 e. The normalized spacial score (nSPS) is 12.6. The second-order valence-corrected chi connectivity index (χ2v) is 8.58. The van der Waals surface area contributed by atoms with Gasteiger partial charge >= 0.3 is 6.18 Å². The highest BCUT2D eigenvalue weighted by molar-refractivity contribution is 7.13. The molecule has 0 fully saturated rings. The maximum Gasteiger partial charge on any atom is 0.433 e. The number of aromatic nitrogens is 3. The van der Waals surface area contributed by atoms with Gasteiger partial charge < -0.3 is 0 Å². The molecular weight excluding hydrogens is 383 g/mol. The Kier molecular flexibility index (Phi) is 4.30. The molecule has 0 spiro atoms. The van der Waals surface area contributed by atoms with E-state index in [0.717, 1.165) is 21.7 Å². The maximum atomic E-state index is 13.7. The van der Waals surface area contributed by atoms with Crippen molar-refractivity contribution in [1.29, 1.82) is 0 Å². The van der Waals surface area contributed by atoms with Gasteiger partial charge in [0.2, 0.25) is 0 Å². The van der Waals surface area contributed by atoms with Crippen LogP contribution in [0.2, 0.25) is 0 Å². The molecule has 0 radical (unpaired) electrons. The van der Waals surface area contributed by atoms with Crippen molar-refractivity contribution in [2.75, 3.05) is 0 Å². The van der Waals surface area contributed by atoms with Gasteiger partial charge in [-0.05, 0) is 28.5 Å². The van der Waals surface area contributed by atoms with Gasteiger partial charge in [0.05, 0.1) is 16.3 Å².